The number of amides is 6. The van der Waals surface area contributed by atoms with Gasteiger partial charge in [-0.05, 0) is 51.4 Å². The van der Waals surface area contributed by atoms with E-state index in [1.807, 2.05) is 60.0 Å². The van der Waals surface area contributed by atoms with E-state index in [0.717, 1.165) is 16.0 Å². The Morgan fingerprint density at radius 1 is 0.600 bits per heavy atom. The molecule has 336 valence electrons. The highest BCUT2D eigenvalue weighted by molar-refractivity contribution is 7.09. The summed E-state index contributed by atoms with van der Waals surface area (Å²) in [6, 6.07) is 28.4. The molecule has 2 aliphatic heterocycles. The summed E-state index contributed by atoms with van der Waals surface area (Å²) >= 11 is 1.37. The molecule has 17 heteroatoms. The summed E-state index contributed by atoms with van der Waals surface area (Å²) in [6.07, 6.45) is -1.72. The van der Waals surface area contributed by atoms with E-state index in [1.165, 1.54) is 23.5 Å². The molecule has 2 bridgehead atoms. The fourth-order valence-electron chi connectivity index (χ4n) is 7.16. The third-order valence-corrected chi connectivity index (χ3v) is 11.5. The number of fused-ring (bicyclic) bond motifs is 18. The Hall–Kier alpha value is -7.66. The normalized spacial score (nSPS) is 19.2. The number of hydrogen-bond donors (Lipinski definition) is 8. The van der Waals surface area contributed by atoms with Crippen LogP contribution >= 0.6 is 11.3 Å². The Labute approximate surface area is 378 Å². The minimum Gasteiger partial charge on any atom is -0.481 e. The van der Waals surface area contributed by atoms with Crippen molar-refractivity contribution in [2.75, 3.05) is 5.32 Å². The molecule has 0 saturated carbocycles. The van der Waals surface area contributed by atoms with Crippen molar-refractivity contribution in [1.82, 2.24) is 26.6 Å². The van der Waals surface area contributed by atoms with Gasteiger partial charge in [0.15, 0.2) is 0 Å². The van der Waals surface area contributed by atoms with E-state index >= 15 is 0 Å². The van der Waals surface area contributed by atoms with Gasteiger partial charge in [-0.1, -0.05) is 103 Å². The number of thiophene rings is 1. The van der Waals surface area contributed by atoms with Gasteiger partial charge in [0, 0.05) is 49.1 Å². The predicted octanol–water partition coefficient (Wildman–Crippen LogP) is 3.40. The topological polar surface area (TPSA) is 249 Å². The zero-order valence-electron chi connectivity index (χ0n) is 35.0. The summed E-state index contributed by atoms with van der Waals surface area (Å²) in [5, 5.41) is 36.8. The molecule has 0 unspecified atom stereocenters. The maximum Gasteiger partial charge on any atom is 0.326 e. The van der Waals surface area contributed by atoms with Crippen LogP contribution in [0.25, 0.3) is 11.1 Å². The summed E-state index contributed by atoms with van der Waals surface area (Å²) in [4.78, 5) is 108. The SMILES string of the molecule is O=C(O)C[C@H](NC(=O)[C@H]1Cc2ccc(cc2)NC(=O)CCC(=O)N[C@H](Cc2cccs2)C(=O)N[C@@H](Cc2ccc(-c3ccccc3)cc2)C(=O)N[C@H](Cc2ccccc2)C(=O)N1)C(=O)O. The average molecular weight is 901 g/mol. The lowest BCUT2D eigenvalue weighted by atomic mass is 9.99. The van der Waals surface area contributed by atoms with Gasteiger partial charge >= 0.3 is 11.9 Å². The molecule has 2 aliphatic rings. The highest BCUT2D eigenvalue weighted by Gasteiger charge is 2.34. The molecule has 0 spiro atoms. The van der Waals surface area contributed by atoms with Crippen molar-refractivity contribution in [3.63, 3.8) is 0 Å². The van der Waals surface area contributed by atoms with Crippen molar-refractivity contribution in [2.24, 2.45) is 0 Å². The first-order valence-corrected chi connectivity index (χ1v) is 21.7. The maximum atomic E-state index is 14.6. The van der Waals surface area contributed by atoms with Gasteiger partial charge in [-0.25, -0.2) is 4.79 Å². The molecule has 1 aromatic heterocycles. The monoisotopic (exact) mass is 900 g/mol. The predicted molar refractivity (Wildman–Crippen MR) is 241 cm³/mol. The first-order valence-electron chi connectivity index (χ1n) is 20.8. The summed E-state index contributed by atoms with van der Waals surface area (Å²) in [5.41, 5.74) is 3.96. The van der Waals surface area contributed by atoms with Gasteiger partial charge in [-0.3, -0.25) is 33.6 Å². The largest absolute Gasteiger partial charge is 0.481 e. The van der Waals surface area contributed by atoms with E-state index < -0.39 is 84.0 Å². The van der Waals surface area contributed by atoms with Crippen molar-refractivity contribution < 1.29 is 48.6 Å². The van der Waals surface area contributed by atoms with E-state index in [0.29, 0.717) is 22.4 Å². The summed E-state index contributed by atoms with van der Waals surface area (Å²) in [7, 11) is 0. The number of nitrogens with one attached hydrogen (secondary N) is 6. The van der Waals surface area contributed by atoms with Crippen LogP contribution in [0, 0.1) is 0 Å². The third kappa shape index (κ3) is 14.2. The Kier molecular flexibility index (Phi) is 16.3. The van der Waals surface area contributed by atoms with Crippen molar-refractivity contribution >= 4 is 64.4 Å². The van der Waals surface area contributed by atoms with E-state index in [2.05, 4.69) is 31.9 Å². The van der Waals surface area contributed by atoms with Gasteiger partial charge in [0.2, 0.25) is 35.4 Å². The highest BCUT2D eigenvalue weighted by atomic mass is 32.1. The van der Waals surface area contributed by atoms with Gasteiger partial charge in [0.1, 0.15) is 30.2 Å². The summed E-state index contributed by atoms with van der Waals surface area (Å²) in [6.45, 7) is 0. The van der Waals surface area contributed by atoms with Crippen LogP contribution in [0.4, 0.5) is 5.69 Å². The summed E-state index contributed by atoms with van der Waals surface area (Å²) < 4.78 is 0. The minimum absolute atomic E-state index is 0.0484. The van der Waals surface area contributed by atoms with Crippen LogP contribution in [0.15, 0.2) is 127 Å². The number of carbonyl (C=O) groups is 8. The number of hydrogen-bond acceptors (Lipinski definition) is 9. The Morgan fingerprint density at radius 3 is 1.74 bits per heavy atom. The van der Waals surface area contributed by atoms with Gasteiger partial charge in [-0.15, -0.1) is 11.3 Å². The Balaban J connectivity index is 1.37. The van der Waals surface area contributed by atoms with E-state index in [1.54, 1.807) is 54.6 Å². The number of carboxylic acids is 2. The second kappa shape index (κ2) is 22.6. The lowest BCUT2D eigenvalue weighted by Gasteiger charge is -2.27. The van der Waals surface area contributed by atoms with Crippen LogP contribution in [-0.2, 0) is 64.0 Å². The van der Waals surface area contributed by atoms with Crippen LogP contribution in [-0.4, -0.2) is 87.8 Å². The number of carbonyl (C=O) groups excluding carboxylic acids is 6. The standard InChI is InChI=1S/C48H48N6O10S/c55-41-21-22-42(56)50-39(27-35-12-7-23-65-35)47(62)53-37(25-30-13-17-33(18-14-30)32-10-5-2-6-11-32)45(60)51-36(24-29-8-3-1-4-9-29)44(59)52-38(26-31-15-19-34(49-41)20-16-31)46(61)54-40(48(63)64)28-43(57)58/h1-20,23,36-40H,21-22,24-28H2,(H,49,55)(H,50,56)(H,51,60)(H,52,59)(H,53,62)(H,54,61)(H,57,58)(H,63,64)/t36-,37+,38-,39-,40+/m1/s1. The molecule has 65 heavy (non-hydrogen) atoms. The zero-order valence-corrected chi connectivity index (χ0v) is 35.8. The molecule has 5 aromatic rings. The molecular weight excluding hydrogens is 853 g/mol. The lowest BCUT2D eigenvalue weighted by molar-refractivity contribution is -0.147. The molecule has 3 heterocycles. The number of benzene rings is 4. The molecule has 0 radical (unpaired) electrons. The minimum atomic E-state index is -1.84. The molecule has 16 nitrogen and oxygen atoms in total. The van der Waals surface area contributed by atoms with E-state index in [-0.39, 0.29) is 38.5 Å². The number of rotatable bonds is 12. The second-order valence-corrected chi connectivity index (χ2v) is 16.5. The van der Waals surface area contributed by atoms with Crippen molar-refractivity contribution in [1.29, 1.82) is 0 Å². The third-order valence-electron chi connectivity index (χ3n) is 10.6. The van der Waals surface area contributed by atoms with Crippen LogP contribution < -0.4 is 31.9 Å². The lowest BCUT2D eigenvalue weighted by Crippen LogP contribution is -2.60. The molecule has 8 N–H and O–H groups in total. The molecule has 5 atom stereocenters. The molecule has 4 aromatic carbocycles. The molecule has 6 amide bonds. The molecule has 0 fully saturated rings. The van der Waals surface area contributed by atoms with Crippen molar-refractivity contribution in [3.05, 3.63) is 148 Å². The Bertz CT molecular complexity index is 2470. The molecular formula is C48H48N6O10S. The van der Waals surface area contributed by atoms with Crippen LogP contribution in [0.5, 0.6) is 0 Å². The molecule has 0 saturated heterocycles. The van der Waals surface area contributed by atoms with E-state index in [9.17, 15) is 48.6 Å². The van der Waals surface area contributed by atoms with Gasteiger partial charge in [-0.2, -0.15) is 0 Å². The van der Waals surface area contributed by atoms with Crippen LogP contribution in [0.3, 0.4) is 0 Å². The Morgan fingerprint density at radius 2 is 1.15 bits per heavy atom. The molecule has 0 aliphatic carbocycles. The average Bonchev–Trinajstić information content (AvgIpc) is 3.81. The quantitative estimate of drug-likeness (QED) is 0.0848. The van der Waals surface area contributed by atoms with Crippen molar-refractivity contribution in [2.45, 2.75) is 75.2 Å². The summed E-state index contributed by atoms with van der Waals surface area (Å²) in [5.74, 6) is -7.49. The van der Waals surface area contributed by atoms with Gasteiger partial charge in [0.25, 0.3) is 0 Å². The first kappa shape index (κ1) is 46.8. The first-order chi connectivity index (χ1) is 31.3. The fourth-order valence-corrected chi connectivity index (χ4v) is 7.91. The smallest absolute Gasteiger partial charge is 0.326 e. The van der Waals surface area contributed by atoms with Crippen molar-refractivity contribution in [3.8, 4) is 11.1 Å². The zero-order chi connectivity index (χ0) is 46.3. The van der Waals surface area contributed by atoms with Crippen LogP contribution in [0.2, 0.25) is 0 Å². The van der Waals surface area contributed by atoms with Crippen LogP contribution in [0.1, 0.15) is 40.8 Å². The molecule has 7 rings (SSSR count). The number of aliphatic carboxylic acids is 2. The second-order valence-electron chi connectivity index (χ2n) is 15.5. The van der Waals surface area contributed by atoms with E-state index in [4.69, 9.17) is 0 Å². The van der Waals surface area contributed by atoms with Gasteiger partial charge < -0.3 is 42.1 Å². The number of anilines is 1. The highest BCUT2D eigenvalue weighted by Crippen LogP contribution is 2.21. The number of carboxylic acid groups (broad SMARTS) is 2. The van der Waals surface area contributed by atoms with Gasteiger partial charge in [0.05, 0.1) is 6.42 Å². The fraction of sp³-hybridized carbons (Fsp3) is 0.250. The maximum absolute atomic E-state index is 14.6.